The number of likely N-dealkylation sites (tertiary alicyclic amines) is 1. The number of ketones is 1. The molecule has 39 heavy (non-hydrogen) atoms. The molecular weight excluding hydrogens is 514 g/mol. The van der Waals surface area contributed by atoms with Crippen molar-refractivity contribution in [3.05, 3.63) is 59.7 Å². The van der Waals surface area contributed by atoms with E-state index in [0.29, 0.717) is 31.8 Å². The number of hydrogen-bond acceptors (Lipinski definition) is 8. The first-order valence-electron chi connectivity index (χ1n) is 14.1. The van der Waals surface area contributed by atoms with E-state index in [4.69, 9.17) is 4.74 Å². The van der Waals surface area contributed by atoms with Crippen LogP contribution in [0.3, 0.4) is 0 Å². The van der Waals surface area contributed by atoms with Crippen molar-refractivity contribution in [3.63, 3.8) is 0 Å². The lowest BCUT2D eigenvalue weighted by molar-refractivity contribution is 0.0959. The molecule has 2 N–H and O–H groups in total. The van der Waals surface area contributed by atoms with Crippen molar-refractivity contribution >= 4 is 21.5 Å². The maximum atomic E-state index is 13.0. The molecule has 0 saturated carbocycles. The Labute approximate surface area is 232 Å². The molecule has 3 aliphatic rings. The number of para-hydroxylation sites is 1. The van der Waals surface area contributed by atoms with Crippen LogP contribution in [0.15, 0.2) is 48.5 Å². The highest BCUT2D eigenvalue weighted by Gasteiger charge is 2.28. The van der Waals surface area contributed by atoms with Crippen LogP contribution in [0.25, 0.3) is 0 Å². The van der Waals surface area contributed by atoms with E-state index in [1.54, 1.807) is 0 Å². The molecular formula is C29H41N5O4S. The molecule has 2 aromatic carbocycles. The Morgan fingerprint density at radius 1 is 0.949 bits per heavy atom. The molecule has 3 fully saturated rings. The molecule has 2 aromatic rings. The molecule has 3 saturated heterocycles. The van der Waals surface area contributed by atoms with E-state index < -0.39 is 10.0 Å². The summed E-state index contributed by atoms with van der Waals surface area (Å²) in [6, 6.07) is 16.1. The van der Waals surface area contributed by atoms with Gasteiger partial charge in [-0.05, 0) is 56.3 Å². The molecule has 9 nitrogen and oxygen atoms in total. The van der Waals surface area contributed by atoms with Crippen LogP contribution in [-0.4, -0.2) is 101 Å². The zero-order chi connectivity index (χ0) is 27.2. The van der Waals surface area contributed by atoms with Crippen LogP contribution in [0.4, 0.5) is 5.69 Å². The number of Topliss-reactive ketones (excluding diaryl/α,β-unsaturated/α-hetero) is 1. The van der Waals surface area contributed by atoms with Crippen molar-refractivity contribution in [2.24, 2.45) is 0 Å². The van der Waals surface area contributed by atoms with Gasteiger partial charge in [0.25, 0.3) is 0 Å². The van der Waals surface area contributed by atoms with E-state index in [0.717, 1.165) is 37.6 Å². The Morgan fingerprint density at radius 3 is 2.46 bits per heavy atom. The molecule has 0 amide bonds. The average Bonchev–Trinajstić information content (AvgIpc) is 3.47. The summed E-state index contributed by atoms with van der Waals surface area (Å²) in [4.78, 5) is 17.8. The fourth-order valence-corrected chi connectivity index (χ4v) is 6.69. The SMILES string of the molecule is CS(=O)(=O)N1CCNC(CC(=O)c2ccc(N3CCNC(c4ccccc4OCCN4CCCC4)C3)cc2)C1. The number of nitrogens with zero attached hydrogens (tertiary/aromatic N) is 3. The lowest BCUT2D eigenvalue weighted by Crippen LogP contribution is -2.52. The topological polar surface area (TPSA) is 94.2 Å². The minimum absolute atomic E-state index is 0.0209. The molecule has 0 bridgehead atoms. The normalized spacial score (nSPS) is 23.2. The number of carbonyl (C=O) groups is 1. The summed E-state index contributed by atoms with van der Waals surface area (Å²) in [5.74, 6) is 0.968. The Bertz CT molecular complexity index is 1220. The second-order valence-electron chi connectivity index (χ2n) is 10.8. The van der Waals surface area contributed by atoms with E-state index in [1.807, 2.05) is 30.3 Å². The second kappa shape index (κ2) is 12.8. The number of anilines is 1. The van der Waals surface area contributed by atoms with Gasteiger partial charge in [0, 0.05) is 75.1 Å². The Kier molecular flexibility index (Phi) is 9.19. The molecule has 10 heteroatoms. The molecule has 0 aliphatic carbocycles. The Hall–Kier alpha value is -2.50. The highest BCUT2D eigenvalue weighted by Crippen LogP contribution is 2.29. The van der Waals surface area contributed by atoms with Crippen molar-refractivity contribution in [1.82, 2.24) is 19.8 Å². The molecule has 0 aromatic heterocycles. The summed E-state index contributed by atoms with van der Waals surface area (Å²) in [7, 11) is -3.25. The molecule has 212 valence electrons. The van der Waals surface area contributed by atoms with Crippen LogP contribution >= 0.6 is 0 Å². The number of hydrogen-bond donors (Lipinski definition) is 2. The number of benzene rings is 2. The smallest absolute Gasteiger partial charge is 0.211 e. The third-order valence-electron chi connectivity index (χ3n) is 8.01. The quantitative estimate of drug-likeness (QED) is 0.431. The number of ether oxygens (including phenoxy) is 1. The summed E-state index contributed by atoms with van der Waals surface area (Å²) >= 11 is 0. The summed E-state index contributed by atoms with van der Waals surface area (Å²) in [6.45, 7) is 7.90. The largest absolute Gasteiger partial charge is 0.492 e. The number of carbonyl (C=O) groups excluding carboxylic acids is 1. The van der Waals surface area contributed by atoms with Gasteiger partial charge in [-0.2, -0.15) is 4.31 Å². The van der Waals surface area contributed by atoms with Crippen LogP contribution in [0.2, 0.25) is 0 Å². The molecule has 0 spiro atoms. The van der Waals surface area contributed by atoms with Crippen molar-refractivity contribution < 1.29 is 17.9 Å². The molecule has 3 aliphatic heterocycles. The van der Waals surface area contributed by atoms with Gasteiger partial charge in [-0.3, -0.25) is 9.69 Å². The van der Waals surface area contributed by atoms with E-state index in [2.05, 4.69) is 38.6 Å². The van der Waals surface area contributed by atoms with Gasteiger partial charge in [0.15, 0.2) is 5.78 Å². The van der Waals surface area contributed by atoms with Gasteiger partial charge < -0.3 is 20.3 Å². The lowest BCUT2D eigenvalue weighted by atomic mass is 10.0. The Balaban J connectivity index is 1.17. The van der Waals surface area contributed by atoms with Crippen LogP contribution in [-0.2, 0) is 10.0 Å². The van der Waals surface area contributed by atoms with Gasteiger partial charge in [-0.25, -0.2) is 8.42 Å². The first-order valence-corrected chi connectivity index (χ1v) is 16.0. The van der Waals surface area contributed by atoms with Crippen LogP contribution in [0, 0.1) is 0 Å². The number of piperazine rings is 2. The van der Waals surface area contributed by atoms with Crippen molar-refractivity contribution in [2.45, 2.75) is 31.3 Å². The van der Waals surface area contributed by atoms with E-state index in [9.17, 15) is 13.2 Å². The standard InChI is InChI=1S/C29H41N5O4S/c1-39(36,37)34-17-13-30-24(21-34)20-28(35)23-8-10-25(11-9-23)33-16-12-31-27(22-33)26-6-2-3-7-29(26)38-19-18-32-14-4-5-15-32/h2-3,6-11,24,27,30-31H,4-5,12-22H2,1H3. The molecule has 2 unspecified atom stereocenters. The summed E-state index contributed by atoms with van der Waals surface area (Å²) in [5, 5.41) is 6.94. The fraction of sp³-hybridized carbons (Fsp3) is 0.552. The van der Waals surface area contributed by atoms with Gasteiger partial charge in [0.2, 0.25) is 10.0 Å². The van der Waals surface area contributed by atoms with Gasteiger partial charge in [0.05, 0.1) is 12.3 Å². The van der Waals surface area contributed by atoms with Crippen molar-refractivity contribution in [3.8, 4) is 5.75 Å². The average molecular weight is 556 g/mol. The fourth-order valence-electron chi connectivity index (χ4n) is 5.82. The van der Waals surface area contributed by atoms with Crippen molar-refractivity contribution in [1.29, 1.82) is 0 Å². The van der Waals surface area contributed by atoms with Crippen LogP contribution in [0.5, 0.6) is 5.75 Å². The predicted molar refractivity (Wildman–Crippen MR) is 154 cm³/mol. The minimum atomic E-state index is -3.25. The van der Waals surface area contributed by atoms with Gasteiger partial charge in [0.1, 0.15) is 12.4 Å². The van der Waals surface area contributed by atoms with Crippen LogP contribution < -0.4 is 20.3 Å². The molecule has 3 heterocycles. The first-order chi connectivity index (χ1) is 18.9. The highest BCUT2D eigenvalue weighted by molar-refractivity contribution is 7.88. The zero-order valence-electron chi connectivity index (χ0n) is 22.8. The summed E-state index contributed by atoms with van der Waals surface area (Å²) < 4.78 is 31.5. The molecule has 0 radical (unpaired) electrons. The lowest BCUT2D eigenvalue weighted by Gasteiger charge is -2.36. The third kappa shape index (κ3) is 7.37. The number of nitrogens with one attached hydrogen (secondary N) is 2. The van der Waals surface area contributed by atoms with Crippen molar-refractivity contribution in [2.75, 3.05) is 76.7 Å². The zero-order valence-corrected chi connectivity index (χ0v) is 23.7. The Morgan fingerprint density at radius 2 is 1.69 bits per heavy atom. The highest BCUT2D eigenvalue weighted by atomic mass is 32.2. The second-order valence-corrected chi connectivity index (χ2v) is 12.8. The molecule has 5 rings (SSSR count). The number of sulfonamides is 1. The maximum absolute atomic E-state index is 13.0. The van der Waals surface area contributed by atoms with Crippen LogP contribution in [0.1, 0.15) is 41.2 Å². The van der Waals surface area contributed by atoms with Gasteiger partial charge in [-0.1, -0.05) is 18.2 Å². The van der Waals surface area contributed by atoms with E-state index >= 15 is 0 Å². The molecule has 2 atom stereocenters. The van der Waals surface area contributed by atoms with E-state index in [-0.39, 0.29) is 24.3 Å². The monoisotopic (exact) mass is 555 g/mol. The third-order valence-corrected chi connectivity index (χ3v) is 9.28. The first kappa shape index (κ1) is 28.0. The summed E-state index contributed by atoms with van der Waals surface area (Å²) in [5.41, 5.74) is 2.92. The maximum Gasteiger partial charge on any atom is 0.211 e. The number of rotatable bonds is 10. The predicted octanol–water partition coefficient (Wildman–Crippen LogP) is 2.12. The van der Waals surface area contributed by atoms with E-state index in [1.165, 1.54) is 42.1 Å². The van der Waals surface area contributed by atoms with Gasteiger partial charge >= 0.3 is 0 Å². The summed E-state index contributed by atoms with van der Waals surface area (Å²) in [6.07, 6.45) is 4.07. The minimum Gasteiger partial charge on any atom is -0.492 e. The van der Waals surface area contributed by atoms with Gasteiger partial charge in [-0.15, -0.1) is 0 Å².